The summed E-state index contributed by atoms with van der Waals surface area (Å²) in [4.78, 5) is 19.7. The first-order valence-electron chi connectivity index (χ1n) is 6.03. The average Bonchev–Trinajstić information content (AvgIpc) is 2.29. The molecule has 1 fully saturated rings. The largest absolute Gasteiger partial charge is 0.382 e. The molecule has 1 heterocycles. The second-order valence-electron chi connectivity index (χ2n) is 4.77. The highest BCUT2D eigenvalue weighted by Crippen LogP contribution is 2.23. The lowest BCUT2D eigenvalue weighted by Gasteiger charge is -2.27. The van der Waals surface area contributed by atoms with E-state index < -0.39 is 0 Å². The number of hydrogen-bond donors (Lipinski definition) is 2. The van der Waals surface area contributed by atoms with E-state index in [1.807, 2.05) is 0 Å². The predicted molar refractivity (Wildman–Crippen MR) is 65.3 cm³/mol. The second-order valence-corrected chi connectivity index (χ2v) is 4.77. The molecule has 17 heavy (non-hydrogen) atoms. The first-order valence-corrected chi connectivity index (χ1v) is 6.03. The third kappa shape index (κ3) is 3.15. The van der Waals surface area contributed by atoms with Crippen LogP contribution >= 0.6 is 0 Å². The second kappa shape index (κ2) is 5.12. The number of nitrogens with one attached hydrogen (secondary N) is 1. The summed E-state index contributed by atoms with van der Waals surface area (Å²) in [5, 5.41) is 3.00. The normalized spacial score (nSPS) is 24.3. The molecule has 92 valence electrons. The maximum Gasteiger partial charge on any atom is 0.271 e. The molecule has 1 aliphatic rings. The lowest BCUT2D eigenvalue weighted by Crippen LogP contribution is -2.38. The van der Waals surface area contributed by atoms with Crippen molar-refractivity contribution in [1.82, 2.24) is 15.3 Å². The zero-order valence-corrected chi connectivity index (χ0v) is 10.0. The maximum atomic E-state index is 11.9. The van der Waals surface area contributed by atoms with Crippen LogP contribution in [-0.4, -0.2) is 21.9 Å². The molecule has 1 aromatic rings. The lowest BCUT2D eigenvalue weighted by atomic mass is 9.87. The molecule has 0 aliphatic heterocycles. The van der Waals surface area contributed by atoms with Crippen molar-refractivity contribution in [3.63, 3.8) is 0 Å². The summed E-state index contributed by atoms with van der Waals surface area (Å²) in [5.41, 5.74) is 5.79. The Hall–Kier alpha value is -1.65. The van der Waals surface area contributed by atoms with Crippen LogP contribution in [0.4, 0.5) is 5.82 Å². The summed E-state index contributed by atoms with van der Waals surface area (Å²) >= 11 is 0. The Morgan fingerprint density at radius 3 is 3.00 bits per heavy atom. The molecule has 2 rings (SSSR count). The predicted octanol–water partition coefficient (Wildman–Crippen LogP) is 1.37. The van der Waals surface area contributed by atoms with Gasteiger partial charge in [0.05, 0.1) is 12.4 Å². The van der Waals surface area contributed by atoms with E-state index in [0.717, 1.165) is 12.8 Å². The van der Waals surface area contributed by atoms with Gasteiger partial charge in [-0.05, 0) is 18.8 Å². The number of hydrogen-bond acceptors (Lipinski definition) is 4. The standard InChI is InChI=1S/C12H18N4O/c1-8-3-2-4-9(5-8)15-12(17)10-6-14-7-11(13)16-10/h6-9H,2-5H2,1H3,(H2,13,16)(H,15,17). The van der Waals surface area contributed by atoms with Crippen molar-refractivity contribution >= 4 is 11.7 Å². The van der Waals surface area contributed by atoms with Crippen molar-refractivity contribution in [2.45, 2.75) is 38.6 Å². The summed E-state index contributed by atoms with van der Waals surface area (Å²) < 4.78 is 0. The minimum absolute atomic E-state index is 0.177. The Morgan fingerprint density at radius 2 is 2.29 bits per heavy atom. The monoisotopic (exact) mass is 234 g/mol. The van der Waals surface area contributed by atoms with Gasteiger partial charge in [0.1, 0.15) is 11.5 Å². The first kappa shape index (κ1) is 11.8. The van der Waals surface area contributed by atoms with Gasteiger partial charge >= 0.3 is 0 Å². The van der Waals surface area contributed by atoms with Crippen LogP contribution in [0.25, 0.3) is 0 Å². The van der Waals surface area contributed by atoms with E-state index >= 15 is 0 Å². The number of carbonyl (C=O) groups excluding carboxylic acids is 1. The summed E-state index contributed by atoms with van der Waals surface area (Å²) in [5.74, 6) is 0.777. The molecule has 0 bridgehead atoms. The molecule has 1 amide bonds. The Labute approximate surface area is 101 Å². The highest BCUT2D eigenvalue weighted by molar-refractivity contribution is 5.92. The zero-order valence-electron chi connectivity index (χ0n) is 10.0. The Balaban J connectivity index is 1.97. The smallest absolute Gasteiger partial charge is 0.271 e. The van der Waals surface area contributed by atoms with Gasteiger partial charge in [-0.2, -0.15) is 0 Å². The number of aromatic nitrogens is 2. The average molecular weight is 234 g/mol. The van der Waals surface area contributed by atoms with Gasteiger partial charge in [-0.25, -0.2) is 4.98 Å². The van der Waals surface area contributed by atoms with E-state index in [2.05, 4.69) is 22.2 Å². The lowest BCUT2D eigenvalue weighted by molar-refractivity contribution is 0.0916. The molecule has 1 aromatic heterocycles. The first-order chi connectivity index (χ1) is 8.15. The van der Waals surface area contributed by atoms with Gasteiger partial charge in [-0.15, -0.1) is 0 Å². The molecular formula is C12H18N4O. The summed E-state index contributed by atoms with van der Waals surface area (Å²) in [6.07, 6.45) is 7.39. The molecule has 0 saturated heterocycles. The van der Waals surface area contributed by atoms with E-state index in [4.69, 9.17) is 5.73 Å². The van der Waals surface area contributed by atoms with Gasteiger partial charge < -0.3 is 11.1 Å². The van der Waals surface area contributed by atoms with Gasteiger partial charge in [-0.3, -0.25) is 9.78 Å². The minimum Gasteiger partial charge on any atom is -0.382 e. The maximum absolute atomic E-state index is 11.9. The van der Waals surface area contributed by atoms with E-state index in [1.165, 1.54) is 25.2 Å². The van der Waals surface area contributed by atoms with E-state index in [9.17, 15) is 4.79 Å². The van der Waals surface area contributed by atoms with Crippen molar-refractivity contribution in [3.05, 3.63) is 18.1 Å². The van der Waals surface area contributed by atoms with E-state index in [0.29, 0.717) is 11.6 Å². The van der Waals surface area contributed by atoms with E-state index in [-0.39, 0.29) is 17.8 Å². The van der Waals surface area contributed by atoms with Crippen LogP contribution in [0.1, 0.15) is 43.1 Å². The van der Waals surface area contributed by atoms with Crippen LogP contribution < -0.4 is 11.1 Å². The SMILES string of the molecule is CC1CCCC(NC(=O)c2cncc(N)n2)C1. The fraction of sp³-hybridized carbons (Fsp3) is 0.583. The third-order valence-corrected chi connectivity index (χ3v) is 3.16. The molecular weight excluding hydrogens is 216 g/mol. The summed E-state index contributed by atoms with van der Waals surface area (Å²) in [6, 6.07) is 0.259. The molecule has 1 aliphatic carbocycles. The molecule has 5 nitrogen and oxygen atoms in total. The molecule has 5 heteroatoms. The number of carbonyl (C=O) groups is 1. The van der Waals surface area contributed by atoms with Crippen molar-refractivity contribution in [2.75, 3.05) is 5.73 Å². The topological polar surface area (TPSA) is 80.9 Å². The van der Waals surface area contributed by atoms with Gasteiger partial charge in [0, 0.05) is 6.04 Å². The van der Waals surface area contributed by atoms with Gasteiger partial charge in [0.25, 0.3) is 5.91 Å². The molecule has 2 atom stereocenters. The number of anilines is 1. The van der Waals surface area contributed by atoms with Crippen molar-refractivity contribution < 1.29 is 4.79 Å². The van der Waals surface area contributed by atoms with Crippen LogP contribution in [0.15, 0.2) is 12.4 Å². The molecule has 3 N–H and O–H groups in total. The van der Waals surface area contributed by atoms with Crippen LogP contribution in [-0.2, 0) is 0 Å². The molecule has 2 unspecified atom stereocenters. The number of nitrogens with zero attached hydrogens (tertiary/aromatic N) is 2. The molecule has 0 spiro atoms. The van der Waals surface area contributed by atoms with Gasteiger partial charge in [0.15, 0.2) is 0 Å². The highest BCUT2D eigenvalue weighted by Gasteiger charge is 2.21. The highest BCUT2D eigenvalue weighted by atomic mass is 16.1. The summed E-state index contributed by atoms with van der Waals surface area (Å²) in [7, 11) is 0. The summed E-state index contributed by atoms with van der Waals surface area (Å²) in [6.45, 7) is 2.22. The Morgan fingerprint density at radius 1 is 1.47 bits per heavy atom. The van der Waals surface area contributed by atoms with Gasteiger partial charge in [0.2, 0.25) is 0 Å². The fourth-order valence-corrected chi connectivity index (χ4v) is 2.32. The zero-order chi connectivity index (χ0) is 12.3. The number of rotatable bonds is 2. The number of nitrogens with two attached hydrogens (primary N) is 1. The van der Waals surface area contributed by atoms with Crippen LogP contribution in [0.5, 0.6) is 0 Å². The van der Waals surface area contributed by atoms with Crippen LogP contribution in [0.3, 0.4) is 0 Å². The Bertz CT molecular complexity index is 407. The fourth-order valence-electron chi connectivity index (χ4n) is 2.32. The van der Waals surface area contributed by atoms with Crippen molar-refractivity contribution in [3.8, 4) is 0 Å². The quantitative estimate of drug-likeness (QED) is 0.809. The number of amides is 1. The minimum atomic E-state index is -0.177. The molecule has 0 aromatic carbocycles. The van der Waals surface area contributed by atoms with Crippen molar-refractivity contribution in [1.29, 1.82) is 0 Å². The third-order valence-electron chi connectivity index (χ3n) is 3.16. The van der Waals surface area contributed by atoms with Gasteiger partial charge in [-0.1, -0.05) is 19.8 Å². The Kier molecular flexibility index (Phi) is 3.56. The number of nitrogen functional groups attached to an aromatic ring is 1. The van der Waals surface area contributed by atoms with Crippen LogP contribution in [0.2, 0.25) is 0 Å². The molecule has 0 radical (unpaired) electrons. The molecule has 1 saturated carbocycles. The van der Waals surface area contributed by atoms with E-state index in [1.54, 1.807) is 0 Å². The van der Waals surface area contributed by atoms with Crippen LogP contribution in [0, 0.1) is 5.92 Å². The van der Waals surface area contributed by atoms with Crippen molar-refractivity contribution in [2.24, 2.45) is 5.92 Å².